The highest BCUT2D eigenvalue weighted by atomic mass is 16.1. The van der Waals surface area contributed by atoms with Crippen LogP contribution in [0.15, 0.2) is 36.4 Å². The van der Waals surface area contributed by atoms with Gasteiger partial charge in [0.1, 0.15) is 0 Å². The molecular formula is C24H29N3O. The second-order valence-electron chi connectivity index (χ2n) is 8.04. The standard InChI is InChI=1S/C24H29N3O/c1-16-22(21-15-14-18-10-8-9-13-20(18)26-21)23(24(25)28)17(2)27(16)19-11-6-4-3-5-7-12-19/h8-10,13-15,19H,3-7,11-12H2,1-2H3,(H2,25,28). The van der Waals surface area contributed by atoms with Crippen molar-refractivity contribution in [3.05, 3.63) is 53.3 Å². The Labute approximate surface area is 166 Å². The van der Waals surface area contributed by atoms with Crippen molar-refractivity contribution in [2.24, 2.45) is 5.73 Å². The number of nitrogens with zero attached hydrogens (tertiary/aromatic N) is 2. The lowest BCUT2D eigenvalue weighted by Crippen LogP contribution is -2.16. The summed E-state index contributed by atoms with van der Waals surface area (Å²) in [6.07, 6.45) is 8.77. The minimum absolute atomic E-state index is 0.366. The van der Waals surface area contributed by atoms with E-state index in [1.54, 1.807) is 0 Å². The van der Waals surface area contributed by atoms with E-state index >= 15 is 0 Å². The Morgan fingerprint density at radius 2 is 1.64 bits per heavy atom. The topological polar surface area (TPSA) is 60.9 Å². The van der Waals surface area contributed by atoms with Gasteiger partial charge in [0.2, 0.25) is 0 Å². The number of pyridine rings is 1. The van der Waals surface area contributed by atoms with Gasteiger partial charge in [-0.25, -0.2) is 4.98 Å². The van der Waals surface area contributed by atoms with E-state index in [9.17, 15) is 4.79 Å². The number of carbonyl (C=O) groups excluding carboxylic acids is 1. The molecule has 4 nitrogen and oxygen atoms in total. The number of nitrogens with two attached hydrogens (primary N) is 1. The minimum Gasteiger partial charge on any atom is -0.366 e. The van der Waals surface area contributed by atoms with Crippen LogP contribution in [0, 0.1) is 13.8 Å². The molecule has 1 amide bonds. The molecule has 2 N–H and O–H groups in total. The van der Waals surface area contributed by atoms with E-state index in [1.165, 1.54) is 44.9 Å². The summed E-state index contributed by atoms with van der Waals surface area (Å²) in [5.74, 6) is -0.366. The van der Waals surface area contributed by atoms with Crippen LogP contribution in [0.2, 0.25) is 0 Å². The molecule has 0 radical (unpaired) electrons. The summed E-state index contributed by atoms with van der Waals surface area (Å²) >= 11 is 0. The molecule has 2 heterocycles. The van der Waals surface area contributed by atoms with E-state index in [4.69, 9.17) is 10.7 Å². The van der Waals surface area contributed by atoms with Gasteiger partial charge >= 0.3 is 0 Å². The molecule has 0 saturated heterocycles. The summed E-state index contributed by atoms with van der Waals surface area (Å²) in [6.45, 7) is 4.15. The van der Waals surface area contributed by atoms with Crippen molar-refractivity contribution in [3.8, 4) is 11.3 Å². The normalized spacial score (nSPS) is 16.1. The van der Waals surface area contributed by atoms with E-state index in [-0.39, 0.29) is 5.91 Å². The van der Waals surface area contributed by atoms with Crippen LogP contribution < -0.4 is 5.73 Å². The van der Waals surface area contributed by atoms with Gasteiger partial charge in [0.05, 0.1) is 16.8 Å². The summed E-state index contributed by atoms with van der Waals surface area (Å²) in [5.41, 5.74) is 11.2. The first-order chi connectivity index (χ1) is 13.6. The fourth-order valence-electron chi connectivity index (χ4n) is 4.91. The van der Waals surface area contributed by atoms with Crippen molar-refractivity contribution >= 4 is 16.8 Å². The van der Waals surface area contributed by atoms with Crippen molar-refractivity contribution in [1.82, 2.24) is 9.55 Å². The first-order valence-electron chi connectivity index (χ1n) is 10.4. The highest BCUT2D eigenvalue weighted by Gasteiger charge is 2.27. The average molecular weight is 376 g/mol. The molecule has 1 aliphatic carbocycles. The van der Waals surface area contributed by atoms with Gasteiger partial charge in [-0.2, -0.15) is 0 Å². The molecule has 2 aromatic heterocycles. The van der Waals surface area contributed by atoms with Crippen molar-refractivity contribution in [2.75, 3.05) is 0 Å². The minimum atomic E-state index is -0.366. The molecule has 1 aromatic carbocycles. The molecular weight excluding hydrogens is 346 g/mol. The number of para-hydroxylation sites is 1. The number of carbonyl (C=O) groups is 1. The van der Waals surface area contributed by atoms with Gasteiger partial charge < -0.3 is 10.3 Å². The van der Waals surface area contributed by atoms with Crippen LogP contribution in [0.4, 0.5) is 0 Å². The van der Waals surface area contributed by atoms with Gasteiger partial charge in [-0.05, 0) is 38.8 Å². The maximum Gasteiger partial charge on any atom is 0.251 e. The van der Waals surface area contributed by atoms with Crippen LogP contribution >= 0.6 is 0 Å². The molecule has 4 rings (SSSR count). The molecule has 1 aliphatic rings. The monoisotopic (exact) mass is 375 g/mol. The summed E-state index contributed by atoms with van der Waals surface area (Å²) < 4.78 is 2.37. The van der Waals surface area contributed by atoms with E-state index in [2.05, 4.69) is 23.6 Å². The molecule has 0 atom stereocenters. The molecule has 28 heavy (non-hydrogen) atoms. The Hall–Kier alpha value is -2.62. The van der Waals surface area contributed by atoms with E-state index in [0.717, 1.165) is 33.5 Å². The number of primary amides is 1. The number of rotatable bonds is 3. The SMILES string of the molecule is Cc1c(C(N)=O)c(-c2ccc3ccccc3n2)c(C)n1C1CCCCCCC1. The number of hydrogen-bond acceptors (Lipinski definition) is 2. The maximum atomic E-state index is 12.4. The van der Waals surface area contributed by atoms with Crippen LogP contribution in [-0.4, -0.2) is 15.5 Å². The van der Waals surface area contributed by atoms with E-state index in [0.29, 0.717) is 11.6 Å². The lowest BCUT2D eigenvalue weighted by Gasteiger charge is -2.25. The van der Waals surface area contributed by atoms with E-state index in [1.807, 2.05) is 31.2 Å². The molecule has 3 aromatic rings. The highest BCUT2D eigenvalue weighted by Crippen LogP contribution is 2.37. The zero-order valence-electron chi connectivity index (χ0n) is 16.9. The summed E-state index contributed by atoms with van der Waals surface area (Å²) in [6, 6.07) is 12.6. The van der Waals surface area contributed by atoms with Gasteiger partial charge in [-0.15, -0.1) is 0 Å². The van der Waals surface area contributed by atoms with Gasteiger partial charge in [-0.1, -0.05) is 56.4 Å². The van der Waals surface area contributed by atoms with Crippen molar-refractivity contribution in [2.45, 2.75) is 64.8 Å². The third-order valence-corrected chi connectivity index (χ3v) is 6.24. The quantitative estimate of drug-likeness (QED) is 0.638. The molecule has 0 unspecified atom stereocenters. The summed E-state index contributed by atoms with van der Waals surface area (Å²) in [7, 11) is 0. The van der Waals surface area contributed by atoms with Crippen LogP contribution in [-0.2, 0) is 0 Å². The molecule has 1 saturated carbocycles. The first-order valence-corrected chi connectivity index (χ1v) is 10.4. The van der Waals surface area contributed by atoms with E-state index < -0.39 is 0 Å². The molecule has 0 spiro atoms. The Balaban J connectivity index is 1.87. The predicted molar refractivity (Wildman–Crippen MR) is 115 cm³/mol. The zero-order chi connectivity index (χ0) is 19.7. The van der Waals surface area contributed by atoms with Crippen molar-refractivity contribution < 1.29 is 4.79 Å². The first kappa shape index (κ1) is 18.7. The predicted octanol–water partition coefficient (Wildman–Crippen LogP) is 5.70. The second kappa shape index (κ2) is 7.78. The Morgan fingerprint density at radius 3 is 2.36 bits per heavy atom. The number of benzene rings is 1. The molecule has 1 fully saturated rings. The van der Waals surface area contributed by atoms with Gasteiger partial charge in [-0.3, -0.25) is 4.79 Å². The number of aromatic nitrogens is 2. The highest BCUT2D eigenvalue weighted by molar-refractivity contribution is 6.02. The van der Waals surface area contributed by atoms with Crippen LogP contribution in [0.1, 0.15) is 72.7 Å². The Bertz CT molecular complexity index is 1010. The lowest BCUT2D eigenvalue weighted by atomic mass is 9.96. The van der Waals surface area contributed by atoms with Gasteiger partial charge in [0.15, 0.2) is 0 Å². The lowest BCUT2D eigenvalue weighted by molar-refractivity contribution is 0.1000. The third-order valence-electron chi connectivity index (χ3n) is 6.24. The summed E-state index contributed by atoms with van der Waals surface area (Å²) in [5, 5.41) is 1.10. The fraction of sp³-hybridized carbons (Fsp3) is 0.417. The number of hydrogen-bond donors (Lipinski definition) is 1. The van der Waals surface area contributed by atoms with Crippen LogP contribution in [0.5, 0.6) is 0 Å². The molecule has 146 valence electrons. The zero-order valence-corrected chi connectivity index (χ0v) is 16.9. The Kier molecular flexibility index (Phi) is 5.21. The summed E-state index contributed by atoms with van der Waals surface area (Å²) in [4.78, 5) is 17.3. The van der Waals surface area contributed by atoms with Gasteiger partial charge in [0.25, 0.3) is 5.91 Å². The molecule has 4 heteroatoms. The largest absolute Gasteiger partial charge is 0.366 e. The number of fused-ring (bicyclic) bond motifs is 1. The third kappa shape index (κ3) is 3.32. The number of amides is 1. The van der Waals surface area contributed by atoms with Gasteiger partial charge in [0, 0.05) is 28.4 Å². The van der Waals surface area contributed by atoms with Crippen LogP contribution in [0.3, 0.4) is 0 Å². The smallest absolute Gasteiger partial charge is 0.251 e. The van der Waals surface area contributed by atoms with Crippen LogP contribution in [0.25, 0.3) is 22.2 Å². The fourth-order valence-corrected chi connectivity index (χ4v) is 4.91. The molecule has 0 bridgehead atoms. The molecule has 0 aliphatic heterocycles. The average Bonchev–Trinajstić information content (AvgIpc) is 2.92. The Morgan fingerprint density at radius 1 is 0.964 bits per heavy atom. The maximum absolute atomic E-state index is 12.4. The van der Waals surface area contributed by atoms with Crippen molar-refractivity contribution in [1.29, 1.82) is 0 Å². The van der Waals surface area contributed by atoms with Crippen molar-refractivity contribution in [3.63, 3.8) is 0 Å². The second-order valence-corrected chi connectivity index (χ2v) is 8.04.